The second-order valence-electron chi connectivity index (χ2n) is 7.26. The van der Waals surface area contributed by atoms with E-state index in [9.17, 15) is 19.2 Å². The Morgan fingerprint density at radius 3 is 2.13 bits per heavy atom. The number of amides is 2. The second kappa shape index (κ2) is 11.3. The summed E-state index contributed by atoms with van der Waals surface area (Å²) in [6, 6.07) is 6.80. The van der Waals surface area contributed by atoms with Gasteiger partial charge in [0.25, 0.3) is 5.91 Å². The molecule has 0 bridgehead atoms. The van der Waals surface area contributed by atoms with E-state index >= 15 is 0 Å². The van der Waals surface area contributed by atoms with Crippen LogP contribution in [0.4, 0.5) is 0 Å². The molecule has 0 saturated carbocycles. The predicted molar refractivity (Wildman–Crippen MR) is 110 cm³/mol. The predicted octanol–water partition coefficient (Wildman–Crippen LogP) is 2.06. The number of hydrogen-bond acceptors (Lipinski definition) is 6. The van der Waals surface area contributed by atoms with Gasteiger partial charge in [0, 0.05) is 45.1 Å². The highest BCUT2D eigenvalue weighted by molar-refractivity contribution is 5.97. The quantitative estimate of drug-likeness (QED) is 0.450. The van der Waals surface area contributed by atoms with E-state index in [0.29, 0.717) is 44.1 Å². The highest BCUT2D eigenvalue weighted by Crippen LogP contribution is 2.15. The molecule has 1 fully saturated rings. The van der Waals surface area contributed by atoms with Gasteiger partial charge in [0.15, 0.2) is 11.9 Å². The molecular weight excluding hydrogens is 388 g/mol. The summed E-state index contributed by atoms with van der Waals surface area (Å²) in [5, 5.41) is 0. The van der Waals surface area contributed by atoms with Crippen LogP contribution in [-0.4, -0.2) is 72.3 Å². The molecule has 1 atom stereocenters. The number of Topliss-reactive ketones (excluding diaryl/α,β-unsaturated/α-hetero) is 1. The molecule has 0 spiro atoms. The number of ketones is 1. The van der Waals surface area contributed by atoms with Gasteiger partial charge in [-0.15, -0.1) is 0 Å². The largest absolute Gasteiger partial charge is 0.494 e. The molecule has 2 amide bonds. The Morgan fingerprint density at radius 2 is 1.57 bits per heavy atom. The Labute approximate surface area is 177 Å². The van der Waals surface area contributed by atoms with Crippen LogP contribution in [-0.2, 0) is 19.1 Å². The van der Waals surface area contributed by atoms with Crippen molar-refractivity contribution in [3.63, 3.8) is 0 Å². The molecule has 1 saturated heterocycles. The van der Waals surface area contributed by atoms with Crippen molar-refractivity contribution < 1.29 is 28.7 Å². The summed E-state index contributed by atoms with van der Waals surface area (Å²) < 4.78 is 10.7. The third-order valence-electron chi connectivity index (χ3n) is 4.90. The summed E-state index contributed by atoms with van der Waals surface area (Å²) in [7, 11) is 0. The van der Waals surface area contributed by atoms with Gasteiger partial charge in [0.2, 0.25) is 5.91 Å². The van der Waals surface area contributed by atoms with Gasteiger partial charge >= 0.3 is 5.97 Å². The van der Waals surface area contributed by atoms with Crippen LogP contribution in [0.5, 0.6) is 5.75 Å². The number of benzene rings is 1. The van der Waals surface area contributed by atoms with Gasteiger partial charge in [0.05, 0.1) is 13.0 Å². The van der Waals surface area contributed by atoms with Crippen molar-refractivity contribution in [2.75, 3.05) is 32.8 Å². The number of rotatable bonds is 9. The first-order valence-corrected chi connectivity index (χ1v) is 10.3. The van der Waals surface area contributed by atoms with E-state index in [1.165, 1.54) is 13.8 Å². The van der Waals surface area contributed by atoms with Crippen molar-refractivity contribution in [3.05, 3.63) is 29.8 Å². The SMILES string of the molecule is CCCOc1ccc(C(=O)CCC(=O)OC(C)C(=O)N2CCN(C(C)=O)CC2)cc1. The standard InChI is InChI=1S/C22H30N2O6/c1-4-15-29-19-7-5-18(6-8-19)20(26)9-10-21(27)30-16(2)22(28)24-13-11-23(12-14-24)17(3)25/h5-8,16H,4,9-15H2,1-3H3. The van der Waals surface area contributed by atoms with Gasteiger partial charge in [-0.25, -0.2) is 0 Å². The molecule has 30 heavy (non-hydrogen) atoms. The molecule has 1 aliphatic rings. The fraction of sp³-hybridized carbons (Fsp3) is 0.545. The maximum atomic E-state index is 12.4. The first-order chi connectivity index (χ1) is 14.3. The highest BCUT2D eigenvalue weighted by atomic mass is 16.5. The number of piperazine rings is 1. The minimum atomic E-state index is -0.925. The van der Waals surface area contributed by atoms with E-state index in [4.69, 9.17) is 9.47 Å². The fourth-order valence-corrected chi connectivity index (χ4v) is 3.12. The van der Waals surface area contributed by atoms with Crippen molar-refractivity contribution >= 4 is 23.6 Å². The molecule has 0 N–H and O–H groups in total. The molecule has 2 rings (SSSR count). The molecule has 0 aliphatic carbocycles. The lowest BCUT2D eigenvalue weighted by Crippen LogP contribution is -2.52. The molecule has 1 unspecified atom stereocenters. The van der Waals surface area contributed by atoms with Crippen molar-refractivity contribution in [3.8, 4) is 5.75 Å². The average molecular weight is 418 g/mol. The molecular formula is C22H30N2O6. The minimum absolute atomic E-state index is 0.00614. The van der Waals surface area contributed by atoms with Gasteiger partial charge in [-0.3, -0.25) is 19.2 Å². The summed E-state index contributed by atoms with van der Waals surface area (Å²) in [6.45, 7) is 7.42. The Morgan fingerprint density at radius 1 is 0.967 bits per heavy atom. The summed E-state index contributed by atoms with van der Waals surface area (Å²) in [6.07, 6.45) is -0.112. The first kappa shape index (κ1) is 23.4. The lowest BCUT2D eigenvalue weighted by Gasteiger charge is -2.35. The average Bonchev–Trinajstić information content (AvgIpc) is 2.75. The summed E-state index contributed by atoms with van der Waals surface area (Å²) >= 11 is 0. The zero-order valence-corrected chi connectivity index (χ0v) is 17.9. The molecule has 1 aromatic carbocycles. The van der Waals surface area contributed by atoms with E-state index < -0.39 is 12.1 Å². The van der Waals surface area contributed by atoms with E-state index in [-0.39, 0.29) is 30.4 Å². The summed E-state index contributed by atoms with van der Waals surface area (Å²) in [5.74, 6) is -0.373. The van der Waals surface area contributed by atoms with Gasteiger partial charge < -0.3 is 19.3 Å². The van der Waals surface area contributed by atoms with Gasteiger partial charge in [0.1, 0.15) is 5.75 Å². The Balaban J connectivity index is 1.75. The van der Waals surface area contributed by atoms with Crippen LogP contribution in [0.15, 0.2) is 24.3 Å². The number of esters is 1. The molecule has 8 heteroatoms. The van der Waals surface area contributed by atoms with Crippen LogP contribution in [0.3, 0.4) is 0 Å². The molecule has 0 radical (unpaired) electrons. The minimum Gasteiger partial charge on any atom is -0.494 e. The van der Waals surface area contributed by atoms with Crippen LogP contribution in [0, 0.1) is 0 Å². The monoisotopic (exact) mass is 418 g/mol. The topological polar surface area (TPSA) is 93.2 Å². The van der Waals surface area contributed by atoms with Crippen molar-refractivity contribution in [1.82, 2.24) is 9.80 Å². The zero-order valence-electron chi connectivity index (χ0n) is 17.9. The molecule has 0 aromatic heterocycles. The lowest BCUT2D eigenvalue weighted by molar-refractivity contribution is -0.160. The van der Waals surface area contributed by atoms with Crippen LogP contribution in [0.25, 0.3) is 0 Å². The van der Waals surface area contributed by atoms with Crippen LogP contribution in [0.2, 0.25) is 0 Å². The normalized spacial score (nSPS) is 14.8. The maximum absolute atomic E-state index is 12.4. The zero-order chi connectivity index (χ0) is 22.1. The highest BCUT2D eigenvalue weighted by Gasteiger charge is 2.27. The number of nitrogens with zero attached hydrogens (tertiary/aromatic N) is 2. The first-order valence-electron chi connectivity index (χ1n) is 10.3. The number of hydrogen-bond donors (Lipinski definition) is 0. The van der Waals surface area contributed by atoms with Crippen molar-refractivity contribution in [2.45, 2.75) is 46.1 Å². The van der Waals surface area contributed by atoms with Gasteiger partial charge in [-0.2, -0.15) is 0 Å². The van der Waals surface area contributed by atoms with E-state index in [0.717, 1.165) is 6.42 Å². The second-order valence-corrected chi connectivity index (χ2v) is 7.26. The van der Waals surface area contributed by atoms with Gasteiger partial charge in [-0.1, -0.05) is 6.92 Å². The fourth-order valence-electron chi connectivity index (χ4n) is 3.12. The van der Waals surface area contributed by atoms with Crippen LogP contribution >= 0.6 is 0 Å². The molecule has 164 valence electrons. The van der Waals surface area contributed by atoms with E-state index in [1.54, 1.807) is 34.1 Å². The number of ether oxygens (including phenoxy) is 2. The lowest BCUT2D eigenvalue weighted by atomic mass is 10.1. The van der Waals surface area contributed by atoms with E-state index in [1.807, 2.05) is 6.92 Å². The van der Waals surface area contributed by atoms with Crippen molar-refractivity contribution in [2.24, 2.45) is 0 Å². The molecule has 1 aromatic rings. The van der Waals surface area contributed by atoms with E-state index in [2.05, 4.69) is 0 Å². The third-order valence-corrected chi connectivity index (χ3v) is 4.90. The third kappa shape index (κ3) is 6.86. The Kier molecular flexibility index (Phi) is 8.83. The van der Waals surface area contributed by atoms with Gasteiger partial charge in [-0.05, 0) is 37.6 Å². The number of carbonyl (C=O) groups is 4. The molecule has 1 heterocycles. The smallest absolute Gasteiger partial charge is 0.307 e. The number of carbonyl (C=O) groups excluding carboxylic acids is 4. The molecule has 8 nitrogen and oxygen atoms in total. The summed E-state index contributed by atoms with van der Waals surface area (Å²) in [4.78, 5) is 51.4. The Hall–Kier alpha value is -2.90. The van der Waals surface area contributed by atoms with Crippen LogP contribution in [0.1, 0.15) is 50.4 Å². The molecule has 1 aliphatic heterocycles. The van der Waals surface area contributed by atoms with Crippen LogP contribution < -0.4 is 4.74 Å². The summed E-state index contributed by atoms with van der Waals surface area (Å²) in [5.41, 5.74) is 0.499. The Bertz CT molecular complexity index is 753. The van der Waals surface area contributed by atoms with Crippen molar-refractivity contribution in [1.29, 1.82) is 0 Å². The maximum Gasteiger partial charge on any atom is 0.307 e.